The molecule has 0 unspecified atom stereocenters. The third kappa shape index (κ3) is 2.68. The highest BCUT2D eigenvalue weighted by atomic mass is 79.9. The van der Waals surface area contributed by atoms with E-state index in [9.17, 15) is 9.18 Å². The minimum Gasteiger partial charge on any atom is -0.339 e. The van der Waals surface area contributed by atoms with Gasteiger partial charge in [-0.3, -0.25) is 4.79 Å². The van der Waals surface area contributed by atoms with Crippen molar-refractivity contribution in [3.8, 4) is 0 Å². The first-order valence-corrected chi connectivity index (χ1v) is 6.64. The van der Waals surface area contributed by atoms with Gasteiger partial charge in [0.05, 0.1) is 5.56 Å². The van der Waals surface area contributed by atoms with Gasteiger partial charge in [0.25, 0.3) is 5.91 Å². The monoisotopic (exact) mass is 299 g/mol. The molecule has 1 heterocycles. The fraction of sp³-hybridized carbons (Fsp3) is 0.462. The zero-order chi connectivity index (χ0) is 12.4. The van der Waals surface area contributed by atoms with Gasteiger partial charge in [-0.2, -0.15) is 0 Å². The van der Waals surface area contributed by atoms with E-state index in [2.05, 4.69) is 15.9 Å². The van der Waals surface area contributed by atoms with Crippen LogP contribution in [0.15, 0.2) is 16.6 Å². The molecule has 1 amide bonds. The molecule has 0 saturated carbocycles. The SMILES string of the molecule is Cc1cc(Br)cc(F)c1C(=O)N1CCCCC1. The first-order valence-electron chi connectivity index (χ1n) is 5.84. The summed E-state index contributed by atoms with van der Waals surface area (Å²) in [4.78, 5) is 14.0. The molecule has 0 atom stereocenters. The summed E-state index contributed by atoms with van der Waals surface area (Å²) in [5.41, 5.74) is 0.905. The number of amides is 1. The van der Waals surface area contributed by atoms with E-state index in [4.69, 9.17) is 0 Å². The number of rotatable bonds is 1. The molecule has 0 N–H and O–H groups in total. The predicted molar refractivity (Wildman–Crippen MR) is 68.6 cm³/mol. The summed E-state index contributed by atoms with van der Waals surface area (Å²) in [7, 11) is 0. The van der Waals surface area contributed by atoms with E-state index in [0.29, 0.717) is 10.0 Å². The third-order valence-electron chi connectivity index (χ3n) is 3.11. The van der Waals surface area contributed by atoms with Crippen LogP contribution in [0.5, 0.6) is 0 Å². The topological polar surface area (TPSA) is 20.3 Å². The molecule has 2 nitrogen and oxygen atoms in total. The molecule has 0 aromatic heterocycles. The lowest BCUT2D eigenvalue weighted by molar-refractivity contribution is 0.0719. The van der Waals surface area contributed by atoms with Gasteiger partial charge in [0.15, 0.2) is 0 Å². The Hall–Kier alpha value is -0.900. The van der Waals surface area contributed by atoms with Gasteiger partial charge in [0.1, 0.15) is 5.82 Å². The maximum absolute atomic E-state index is 13.8. The molecule has 1 aliphatic rings. The van der Waals surface area contributed by atoms with Crippen molar-refractivity contribution in [2.75, 3.05) is 13.1 Å². The van der Waals surface area contributed by atoms with Crippen molar-refractivity contribution in [1.29, 1.82) is 0 Å². The molecule has 1 fully saturated rings. The van der Waals surface area contributed by atoms with Crippen LogP contribution in [-0.4, -0.2) is 23.9 Å². The summed E-state index contributed by atoms with van der Waals surface area (Å²) >= 11 is 3.23. The van der Waals surface area contributed by atoms with E-state index in [1.165, 1.54) is 6.07 Å². The number of nitrogens with zero attached hydrogens (tertiary/aromatic N) is 1. The number of hydrogen-bond donors (Lipinski definition) is 0. The van der Waals surface area contributed by atoms with Gasteiger partial charge < -0.3 is 4.90 Å². The molecule has 17 heavy (non-hydrogen) atoms. The van der Waals surface area contributed by atoms with Crippen molar-refractivity contribution < 1.29 is 9.18 Å². The van der Waals surface area contributed by atoms with Crippen molar-refractivity contribution in [2.24, 2.45) is 0 Å². The quantitative estimate of drug-likeness (QED) is 0.777. The highest BCUT2D eigenvalue weighted by Gasteiger charge is 2.22. The van der Waals surface area contributed by atoms with Gasteiger partial charge in [0.2, 0.25) is 0 Å². The molecule has 2 rings (SSSR count). The minimum absolute atomic E-state index is 0.174. The van der Waals surface area contributed by atoms with Gasteiger partial charge in [-0.05, 0) is 43.9 Å². The molecule has 92 valence electrons. The molecule has 4 heteroatoms. The highest BCUT2D eigenvalue weighted by molar-refractivity contribution is 9.10. The molecular formula is C13H15BrFNO. The first-order chi connectivity index (χ1) is 8.09. The Morgan fingerprint density at radius 1 is 1.29 bits per heavy atom. The lowest BCUT2D eigenvalue weighted by atomic mass is 10.0. The van der Waals surface area contributed by atoms with Crippen molar-refractivity contribution in [1.82, 2.24) is 4.90 Å². The van der Waals surface area contributed by atoms with Gasteiger partial charge in [0, 0.05) is 17.6 Å². The number of halogens is 2. The average molecular weight is 300 g/mol. The zero-order valence-corrected chi connectivity index (χ0v) is 11.4. The number of carbonyl (C=O) groups is 1. The summed E-state index contributed by atoms with van der Waals surface area (Å²) in [5.74, 6) is -0.611. The Balaban J connectivity index is 2.30. The molecule has 0 bridgehead atoms. The summed E-state index contributed by atoms with van der Waals surface area (Å²) < 4.78 is 14.5. The van der Waals surface area contributed by atoms with Crippen molar-refractivity contribution in [2.45, 2.75) is 26.2 Å². The standard InChI is InChI=1S/C13H15BrFNO/c1-9-7-10(14)8-11(15)12(9)13(17)16-5-3-2-4-6-16/h7-8H,2-6H2,1H3. The van der Waals surface area contributed by atoms with Crippen molar-refractivity contribution >= 4 is 21.8 Å². The molecule has 1 aromatic carbocycles. The van der Waals surface area contributed by atoms with E-state index in [-0.39, 0.29) is 11.5 Å². The summed E-state index contributed by atoms with van der Waals surface area (Å²) in [6.07, 6.45) is 3.19. The Bertz CT molecular complexity index is 418. The largest absolute Gasteiger partial charge is 0.339 e. The van der Waals surface area contributed by atoms with Crippen LogP contribution in [0.4, 0.5) is 4.39 Å². The molecule has 0 spiro atoms. The number of likely N-dealkylation sites (tertiary alicyclic amines) is 1. The fourth-order valence-electron chi connectivity index (χ4n) is 2.23. The van der Waals surface area contributed by atoms with Crippen LogP contribution < -0.4 is 0 Å². The van der Waals surface area contributed by atoms with E-state index in [0.717, 1.165) is 32.4 Å². The van der Waals surface area contributed by atoms with Gasteiger partial charge in [-0.1, -0.05) is 15.9 Å². The highest BCUT2D eigenvalue weighted by Crippen LogP contribution is 2.22. The smallest absolute Gasteiger partial charge is 0.257 e. The van der Waals surface area contributed by atoms with Crippen LogP contribution in [0.25, 0.3) is 0 Å². The number of piperidine rings is 1. The van der Waals surface area contributed by atoms with Gasteiger partial charge in [-0.15, -0.1) is 0 Å². The number of aryl methyl sites for hydroxylation is 1. The maximum atomic E-state index is 13.8. The van der Waals surface area contributed by atoms with Crippen LogP contribution in [0, 0.1) is 12.7 Å². The van der Waals surface area contributed by atoms with E-state index in [1.807, 2.05) is 0 Å². The van der Waals surface area contributed by atoms with Gasteiger partial charge in [-0.25, -0.2) is 4.39 Å². The first kappa shape index (κ1) is 12.6. The molecule has 0 radical (unpaired) electrons. The molecule has 1 aromatic rings. The lowest BCUT2D eigenvalue weighted by Crippen LogP contribution is -2.36. The Kier molecular flexibility index (Phi) is 3.82. The summed E-state index contributed by atoms with van der Waals surface area (Å²) in [6, 6.07) is 3.13. The zero-order valence-electron chi connectivity index (χ0n) is 9.80. The summed E-state index contributed by atoms with van der Waals surface area (Å²) in [6.45, 7) is 3.26. The Labute approximate surface area is 109 Å². The average Bonchev–Trinajstić information content (AvgIpc) is 2.28. The second-order valence-electron chi connectivity index (χ2n) is 4.43. The van der Waals surface area contributed by atoms with Crippen LogP contribution in [0.2, 0.25) is 0 Å². The predicted octanol–water partition coefficient (Wildman–Crippen LogP) is 3.52. The number of carbonyl (C=O) groups excluding carboxylic acids is 1. The van der Waals surface area contributed by atoms with Crippen molar-refractivity contribution in [3.05, 3.63) is 33.5 Å². The molecular weight excluding hydrogens is 285 g/mol. The number of benzene rings is 1. The van der Waals surface area contributed by atoms with Crippen LogP contribution >= 0.6 is 15.9 Å². The Morgan fingerprint density at radius 2 is 1.94 bits per heavy atom. The second kappa shape index (κ2) is 5.17. The third-order valence-corrected chi connectivity index (χ3v) is 3.57. The lowest BCUT2D eigenvalue weighted by Gasteiger charge is -2.27. The van der Waals surface area contributed by atoms with E-state index in [1.54, 1.807) is 17.9 Å². The molecule has 0 aliphatic carbocycles. The van der Waals surface area contributed by atoms with E-state index >= 15 is 0 Å². The van der Waals surface area contributed by atoms with Crippen LogP contribution in [-0.2, 0) is 0 Å². The minimum atomic E-state index is -0.438. The van der Waals surface area contributed by atoms with Crippen molar-refractivity contribution in [3.63, 3.8) is 0 Å². The molecule has 1 saturated heterocycles. The number of hydrogen-bond acceptors (Lipinski definition) is 1. The second-order valence-corrected chi connectivity index (χ2v) is 5.35. The fourth-order valence-corrected chi connectivity index (χ4v) is 2.77. The van der Waals surface area contributed by atoms with E-state index < -0.39 is 5.82 Å². The maximum Gasteiger partial charge on any atom is 0.257 e. The van der Waals surface area contributed by atoms with Crippen LogP contribution in [0.1, 0.15) is 35.2 Å². The van der Waals surface area contributed by atoms with Gasteiger partial charge >= 0.3 is 0 Å². The molecule has 1 aliphatic heterocycles. The normalized spacial score (nSPS) is 16.1. The Morgan fingerprint density at radius 3 is 2.53 bits per heavy atom. The summed E-state index contributed by atoms with van der Waals surface area (Å²) in [5, 5.41) is 0. The van der Waals surface area contributed by atoms with Crippen LogP contribution in [0.3, 0.4) is 0 Å².